The molecule has 2 atom stereocenters. The number of aromatic nitrogens is 1. The first kappa shape index (κ1) is 17.4. The predicted molar refractivity (Wildman–Crippen MR) is 92.7 cm³/mol. The summed E-state index contributed by atoms with van der Waals surface area (Å²) in [7, 11) is 2.00. The first-order chi connectivity index (χ1) is 11.0. The number of para-hydroxylation sites is 1. The molecule has 0 saturated heterocycles. The Morgan fingerprint density at radius 3 is 2.48 bits per heavy atom. The molecule has 2 aromatic rings. The molecule has 2 rings (SSSR count). The van der Waals surface area contributed by atoms with E-state index in [9.17, 15) is 5.11 Å². The molecule has 0 aliphatic carbocycles. The summed E-state index contributed by atoms with van der Waals surface area (Å²) in [4.78, 5) is 6.26. The maximum atomic E-state index is 10.3. The fourth-order valence-corrected chi connectivity index (χ4v) is 2.63. The third-order valence-corrected chi connectivity index (χ3v) is 4.16. The van der Waals surface area contributed by atoms with Crippen molar-refractivity contribution < 1.29 is 9.84 Å². The molecular formula is C19H26N2O2. The summed E-state index contributed by atoms with van der Waals surface area (Å²) in [5, 5.41) is 10.3. The number of hydrogen-bond donors (Lipinski definition) is 1. The van der Waals surface area contributed by atoms with Crippen LogP contribution < -0.4 is 4.74 Å². The summed E-state index contributed by atoms with van der Waals surface area (Å²) in [6, 6.07) is 10.2. The topological polar surface area (TPSA) is 45.6 Å². The highest BCUT2D eigenvalue weighted by molar-refractivity contribution is 5.39. The third-order valence-electron chi connectivity index (χ3n) is 4.16. The number of aryl methyl sites for hydroxylation is 2. The summed E-state index contributed by atoms with van der Waals surface area (Å²) in [6.07, 6.45) is 3.09. The number of likely N-dealkylation sites (N-methyl/N-ethyl adjacent to an activating group) is 1. The summed E-state index contributed by atoms with van der Waals surface area (Å²) in [5.41, 5.74) is 3.32. The fraction of sp³-hybridized carbons (Fsp3) is 0.421. The lowest BCUT2D eigenvalue weighted by atomic mass is 10.1. The minimum Gasteiger partial charge on any atom is -0.490 e. The Balaban J connectivity index is 1.88. The Kier molecular flexibility index (Phi) is 6.13. The Bertz CT molecular complexity index is 596. The monoisotopic (exact) mass is 314 g/mol. The Morgan fingerprint density at radius 2 is 1.87 bits per heavy atom. The van der Waals surface area contributed by atoms with Crippen LogP contribution in [0, 0.1) is 13.8 Å². The highest BCUT2D eigenvalue weighted by Gasteiger charge is 2.16. The number of benzene rings is 1. The van der Waals surface area contributed by atoms with Crippen molar-refractivity contribution in [2.24, 2.45) is 0 Å². The molecule has 0 aliphatic heterocycles. The average Bonchev–Trinajstić information content (AvgIpc) is 2.54. The molecule has 1 heterocycles. The zero-order valence-electron chi connectivity index (χ0n) is 14.4. The molecule has 0 fully saturated rings. The second-order valence-corrected chi connectivity index (χ2v) is 6.09. The summed E-state index contributed by atoms with van der Waals surface area (Å²) in [5.74, 6) is 0.870. The Labute approximate surface area is 138 Å². The number of rotatable bonds is 7. The second-order valence-electron chi connectivity index (χ2n) is 6.09. The molecule has 0 saturated carbocycles. The zero-order chi connectivity index (χ0) is 16.8. The lowest BCUT2D eigenvalue weighted by Crippen LogP contribution is -2.34. The van der Waals surface area contributed by atoms with E-state index in [0.29, 0.717) is 6.54 Å². The summed E-state index contributed by atoms with van der Waals surface area (Å²) >= 11 is 0. The van der Waals surface area contributed by atoms with Crippen LogP contribution in [-0.2, 0) is 0 Å². The quantitative estimate of drug-likeness (QED) is 0.853. The Hall–Kier alpha value is -1.91. The van der Waals surface area contributed by atoms with Gasteiger partial charge in [0, 0.05) is 25.0 Å². The van der Waals surface area contributed by atoms with Gasteiger partial charge in [0.2, 0.25) is 0 Å². The van der Waals surface area contributed by atoms with Crippen molar-refractivity contribution >= 4 is 0 Å². The van der Waals surface area contributed by atoms with E-state index in [0.717, 1.165) is 22.4 Å². The molecule has 0 radical (unpaired) electrons. The van der Waals surface area contributed by atoms with Gasteiger partial charge in [-0.2, -0.15) is 0 Å². The van der Waals surface area contributed by atoms with Crippen molar-refractivity contribution in [3.05, 3.63) is 59.4 Å². The van der Waals surface area contributed by atoms with E-state index in [1.54, 1.807) is 6.20 Å². The number of hydrogen-bond acceptors (Lipinski definition) is 4. The van der Waals surface area contributed by atoms with Gasteiger partial charge in [-0.15, -0.1) is 0 Å². The van der Waals surface area contributed by atoms with Crippen molar-refractivity contribution in [2.75, 3.05) is 20.2 Å². The molecule has 1 aromatic carbocycles. The van der Waals surface area contributed by atoms with Crippen LogP contribution in [0.1, 0.15) is 29.7 Å². The van der Waals surface area contributed by atoms with Crippen LogP contribution in [-0.4, -0.2) is 41.3 Å². The van der Waals surface area contributed by atoms with E-state index in [4.69, 9.17) is 4.74 Å². The molecule has 4 nitrogen and oxygen atoms in total. The van der Waals surface area contributed by atoms with Gasteiger partial charge in [0.1, 0.15) is 18.5 Å². The number of pyridine rings is 1. The molecular weight excluding hydrogens is 288 g/mol. The van der Waals surface area contributed by atoms with Crippen molar-refractivity contribution in [3.63, 3.8) is 0 Å². The molecule has 1 aromatic heterocycles. The number of aliphatic hydroxyl groups excluding tert-OH is 1. The van der Waals surface area contributed by atoms with Gasteiger partial charge in [-0.05, 0) is 50.6 Å². The van der Waals surface area contributed by atoms with Crippen LogP contribution in [0.2, 0.25) is 0 Å². The summed E-state index contributed by atoms with van der Waals surface area (Å²) in [6.45, 7) is 6.98. The van der Waals surface area contributed by atoms with Gasteiger partial charge in [-0.25, -0.2) is 0 Å². The zero-order valence-corrected chi connectivity index (χ0v) is 14.4. The van der Waals surface area contributed by atoms with Crippen molar-refractivity contribution in [3.8, 4) is 5.75 Å². The molecule has 0 amide bonds. The highest BCUT2D eigenvalue weighted by atomic mass is 16.5. The van der Waals surface area contributed by atoms with Crippen LogP contribution >= 0.6 is 0 Å². The number of ether oxygens (including phenoxy) is 1. The molecule has 0 bridgehead atoms. The average molecular weight is 314 g/mol. The highest BCUT2D eigenvalue weighted by Crippen LogP contribution is 2.23. The molecule has 0 spiro atoms. The second kappa shape index (κ2) is 8.09. The van der Waals surface area contributed by atoms with Gasteiger partial charge in [-0.3, -0.25) is 9.88 Å². The summed E-state index contributed by atoms with van der Waals surface area (Å²) < 4.78 is 5.83. The molecule has 1 N–H and O–H groups in total. The minimum atomic E-state index is -0.543. The predicted octanol–water partition coefficient (Wildman–Crippen LogP) is 3.13. The van der Waals surface area contributed by atoms with Crippen LogP contribution in [0.3, 0.4) is 0 Å². The van der Waals surface area contributed by atoms with Crippen LogP contribution in [0.5, 0.6) is 5.75 Å². The van der Waals surface area contributed by atoms with Crippen LogP contribution in [0.25, 0.3) is 0 Å². The molecule has 2 unspecified atom stereocenters. The normalized spacial score (nSPS) is 13.8. The van der Waals surface area contributed by atoms with Gasteiger partial charge in [-0.1, -0.05) is 24.3 Å². The SMILES string of the molecule is Cc1cccc(C)c1OCC(O)CN(C)C(C)c1cccnc1. The maximum absolute atomic E-state index is 10.3. The largest absolute Gasteiger partial charge is 0.490 e. The first-order valence-corrected chi connectivity index (χ1v) is 7.96. The van der Waals surface area contributed by atoms with Gasteiger partial charge in [0.15, 0.2) is 0 Å². The van der Waals surface area contributed by atoms with E-state index < -0.39 is 6.10 Å². The first-order valence-electron chi connectivity index (χ1n) is 7.96. The lowest BCUT2D eigenvalue weighted by molar-refractivity contribution is 0.0649. The van der Waals surface area contributed by atoms with E-state index in [1.165, 1.54) is 0 Å². The van der Waals surface area contributed by atoms with E-state index in [1.807, 2.05) is 57.4 Å². The molecule has 23 heavy (non-hydrogen) atoms. The molecule has 124 valence electrons. The fourth-order valence-electron chi connectivity index (χ4n) is 2.63. The van der Waals surface area contributed by atoms with Gasteiger partial charge in [0.25, 0.3) is 0 Å². The smallest absolute Gasteiger partial charge is 0.125 e. The lowest BCUT2D eigenvalue weighted by Gasteiger charge is -2.27. The van der Waals surface area contributed by atoms with Crippen molar-refractivity contribution in [1.82, 2.24) is 9.88 Å². The molecule has 4 heteroatoms. The van der Waals surface area contributed by atoms with Gasteiger partial charge in [0.05, 0.1) is 0 Å². The van der Waals surface area contributed by atoms with Crippen molar-refractivity contribution in [1.29, 1.82) is 0 Å². The van der Waals surface area contributed by atoms with Crippen LogP contribution in [0.15, 0.2) is 42.7 Å². The van der Waals surface area contributed by atoms with E-state index >= 15 is 0 Å². The van der Waals surface area contributed by atoms with Gasteiger partial charge >= 0.3 is 0 Å². The van der Waals surface area contributed by atoms with E-state index in [-0.39, 0.29) is 12.6 Å². The number of nitrogens with zero attached hydrogens (tertiary/aromatic N) is 2. The Morgan fingerprint density at radius 1 is 1.17 bits per heavy atom. The van der Waals surface area contributed by atoms with Crippen molar-refractivity contribution in [2.45, 2.75) is 32.9 Å². The number of aliphatic hydroxyl groups is 1. The van der Waals surface area contributed by atoms with E-state index in [2.05, 4.69) is 16.8 Å². The van der Waals surface area contributed by atoms with Gasteiger partial charge < -0.3 is 9.84 Å². The standard InChI is InChI=1S/C19H26N2O2/c1-14-7-5-8-15(2)19(14)23-13-18(22)12-21(4)16(3)17-9-6-10-20-11-17/h5-11,16,18,22H,12-13H2,1-4H3. The third kappa shape index (κ3) is 4.78. The maximum Gasteiger partial charge on any atom is 0.125 e. The minimum absolute atomic E-state index is 0.193. The molecule has 0 aliphatic rings. The van der Waals surface area contributed by atoms with Crippen LogP contribution in [0.4, 0.5) is 0 Å².